The van der Waals surface area contributed by atoms with Crippen LogP contribution < -0.4 is 0 Å². The molecule has 0 N–H and O–H groups in total. The molecule has 0 bridgehead atoms. The smallest absolute Gasteiger partial charge is 0.149 e. The standard InChI is InChI=1S/C9H6Br2O/c1-5-4-6-7(10)2-3-8(11)9(6)12-5/h2-4H,1H3. The maximum atomic E-state index is 5.50. The molecule has 3 heteroatoms. The molecule has 0 fully saturated rings. The van der Waals surface area contributed by atoms with Gasteiger partial charge in [-0.2, -0.15) is 0 Å². The molecule has 0 amide bonds. The first kappa shape index (κ1) is 8.32. The van der Waals surface area contributed by atoms with E-state index < -0.39 is 0 Å². The van der Waals surface area contributed by atoms with Gasteiger partial charge < -0.3 is 4.42 Å². The molecule has 12 heavy (non-hydrogen) atoms. The molecule has 1 aromatic carbocycles. The van der Waals surface area contributed by atoms with E-state index in [-0.39, 0.29) is 0 Å². The molecule has 1 nitrogen and oxygen atoms in total. The minimum atomic E-state index is 0.905. The molecule has 62 valence electrons. The highest BCUT2D eigenvalue weighted by molar-refractivity contribution is 9.11. The van der Waals surface area contributed by atoms with E-state index in [4.69, 9.17) is 4.42 Å². The van der Waals surface area contributed by atoms with Gasteiger partial charge in [0, 0.05) is 9.86 Å². The lowest BCUT2D eigenvalue weighted by Crippen LogP contribution is -1.68. The van der Waals surface area contributed by atoms with Crippen molar-refractivity contribution < 1.29 is 4.42 Å². The predicted octanol–water partition coefficient (Wildman–Crippen LogP) is 4.27. The molecule has 0 spiro atoms. The van der Waals surface area contributed by atoms with Crippen molar-refractivity contribution in [2.24, 2.45) is 0 Å². The lowest BCUT2D eigenvalue weighted by Gasteiger charge is -1.93. The first-order valence-corrected chi connectivity index (χ1v) is 5.11. The van der Waals surface area contributed by atoms with Crippen LogP contribution in [-0.2, 0) is 0 Å². The summed E-state index contributed by atoms with van der Waals surface area (Å²) in [4.78, 5) is 0. The summed E-state index contributed by atoms with van der Waals surface area (Å²) in [6.45, 7) is 1.94. The number of hydrogen-bond donors (Lipinski definition) is 0. The molecule has 0 aliphatic rings. The van der Waals surface area contributed by atoms with Crippen LogP contribution in [0.15, 0.2) is 31.6 Å². The quantitative estimate of drug-likeness (QED) is 0.706. The third kappa shape index (κ3) is 1.21. The zero-order valence-electron chi connectivity index (χ0n) is 6.40. The fourth-order valence-electron chi connectivity index (χ4n) is 1.18. The van der Waals surface area contributed by atoms with Gasteiger partial charge in [-0.25, -0.2) is 0 Å². The Morgan fingerprint density at radius 2 is 1.83 bits per heavy atom. The molecule has 2 rings (SSSR count). The number of halogens is 2. The Morgan fingerprint density at radius 1 is 1.17 bits per heavy atom. The number of benzene rings is 1. The Hall–Kier alpha value is -0.280. The second-order valence-electron chi connectivity index (χ2n) is 2.63. The van der Waals surface area contributed by atoms with Crippen molar-refractivity contribution in [3.63, 3.8) is 0 Å². The summed E-state index contributed by atoms with van der Waals surface area (Å²) < 4.78 is 7.56. The van der Waals surface area contributed by atoms with Crippen LogP contribution >= 0.6 is 31.9 Å². The summed E-state index contributed by atoms with van der Waals surface area (Å²) in [5, 5.41) is 1.11. The summed E-state index contributed by atoms with van der Waals surface area (Å²) in [5.74, 6) is 0.928. The van der Waals surface area contributed by atoms with E-state index in [1.165, 1.54) is 0 Å². The van der Waals surface area contributed by atoms with E-state index in [9.17, 15) is 0 Å². The van der Waals surface area contributed by atoms with Crippen LogP contribution in [0.4, 0.5) is 0 Å². The molecule has 1 heterocycles. The van der Waals surface area contributed by atoms with Gasteiger partial charge in [0.15, 0.2) is 0 Å². The van der Waals surface area contributed by atoms with Crippen molar-refractivity contribution in [2.75, 3.05) is 0 Å². The molecule has 1 aromatic heterocycles. The topological polar surface area (TPSA) is 13.1 Å². The molecule has 0 atom stereocenters. The number of hydrogen-bond acceptors (Lipinski definition) is 1. The average Bonchev–Trinajstić information content (AvgIpc) is 2.41. The zero-order chi connectivity index (χ0) is 8.72. The van der Waals surface area contributed by atoms with Crippen molar-refractivity contribution in [1.82, 2.24) is 0 Å². The van der Waals surface area contributed by atoms with Crippen LogP contribution in [0.1, 0.15) is 5.76 Å². The highest BCUT2D eigenvalue weighted by atomic mass is 79.9. The Labute approximate surface area is 87.0 Å². The summed E-state index contributed by atoms with van der Waals surface area (Å²) in [5.41, 5.74) is 0.905. The number of aryl methyl sites for hydroxylation is 1. The predicted molar refractivity (Wildman–Crippen MR) is 56.4 cm³/mol. The minimum Gasteiger partial charge on any atom is -0.460 e. The van der Waals surface area contributed by atoms with Crippen LogP contribution in [0.5, 0.6) is 0 Å². The largest absolute Gasteiger partial charge is 0.460 e. The van der Waals surface area contributed by atoms with Crippen molar-refractivity contribution in [3.05, 3.63) is 32.9 Å². The first-order chi connectivity index (χ1) is 5.68. The van der Waals surface area contributed by atoms with Crippen LogP contribution in [0, 0.1) is 6.92 Å². The zero-order valence-corrected chi connectivity index (χ0v) is 9.57. The van der Waals surface area contributed by atoms with Crippen molar-refractivity contribution in [1.29, 1.82) is 0 Å². The lowest BCUT2D eigenvalue weighted by molar-refractivity contribution is 0.577. The summed E-state index contributed by atoms with van der Waals surface area (Å²) in [6.07, 6.45) is 0. The van der Waals surface area contributed by atoms with E-state index in [0.717, 1.165) is 25.7 Å². The second kappa shape index (κ2) is 2.89. The SMILES string of the molecule is Cc1cc2c(Br)ccc(Br)c2o1. The van der Waals surface area contributed by atoms with Crippen molar-refractivity contribution >= 4 is 42.8 Å². The van der Waals surface area contributed by atoms with Gasteiger partial charge in [0.05, 0.1) is 4.47 Å². The molecule has 0 saturated heterocycles. The van der Waals surface area contributed by atoms with Gasteiger partial charge >= 0.3 is 0 Å². The summed E-state index contributed by atoms with van der Waals surface area (Å²) in [7, 11) is 0. The molecular weight excluding hydrogens is 284 g/mol. The van der Waals surface area contributed by atoms with Gasteiger partial charge in [-0.15, -0.1) is 0 Å². The van der Waals surface area contributed by atoms with E-state index in [1.807, 2.05) is 25.1 Å². The Bertz CT molecular complexity index is 392. The Morgan fingerprint density at radius 3 is 2.50 bits per heavy atom. The van der Waals surface area contributed by atoms with Gasteiger partial charge in [-0.3, -0.25) is 0 Å². The molecule has 0 saturated carbocycles. The van der Waals surface area contributed by atoms with E-state index in [0.29, 0.717) is 0 Å². The summed E-state index contributed by atoms with van der Waals surface area (Å²) in [6, 6.07) is 5.99. The third-order valence-corrected chi connectivity index (χ3v) is 3.02. The first-order valence-electron chi connectivity index (χ1n) is 3.52. The molecule has 0 radical (unpaired) electrons. The van der Waals surface area contributed by atoms with E-state index in [2.05, 4.69) is 31.9 Å². The third-order valence-electron chi connectivity index (χ3n) is 1.71. The highest BCUT2D eigenvalue weighted by Crippen LogP contribution is 2.32. The second-order valence-corrected chi connectivity index (χ2v) is 4.34. The van der Waals surface area contributed by atoms with Gasteiger partial charge in [0.25, 0.3) is 0 Å². The Balaban J connectivity index is 2.93. The molecule has 0 aliphatic carbocycles. The minimum absolute atomic E-state index is 0.905. The van der Waals surface area contributed by atoms with E-state index >= 15 is 0 Å². The van der Waals surface area contributed by atoms with Gasteiger partial charge in [-0.05, 0) is 41.1 Å². The van der Waals surface area contributed by atoms with Crippen LogP contribution in [-0.4, -0.2) is 0 Å². The fourth-order valence-corrected chi connectivity index (χ4v) is 2.03. The fraction of sp³-hybridized carbons (Fsp3) is 0.111. The average molecular weight is 290 g/mol. The maximum Gasteiger partial charge on any atom is 0.149 e. The van der Waals surface area contributed by atoms with Gasteiger partial charge in [0.1, 0.15) is 11.3 Å². The number of fused-ring (bicyclic) bond motifs is 1. The molecule has 0 unspecified atom stereocenters. The van der Waals surface area contributed by atoms with Gasteiger partial charge in [0.2, 0.25) is 0 Å². The highest BCUT2D eigenvalue weighted by Gasteiger charge is 2.06. The summed E-state index contributed by atoms with van der Waals surface area (Å²) >= 11 is 6.89. The van der Waals surface area contributed by atoms with Gasteiger partial charge in [-0.1, -0.05) is 15.9 Å². The van der Waals surface area contributed by atoms with Crippen molar-refractivity contribution in [2.45, 2.75) is 6.92 Å². The molecular formula is C9H6Br2O. The van der Waals surface area contributed by atoms with E-state index in [1.54, 1.807) is 0 Å². The van der Waals surface area contributed by atoms with Crippen LogP contribution in [0.3, 0.4) is 0 Å². The van der Waals surface area contributed by atoms with Crippen molar-refractivity contribution in [3.8, 4) is 0 Å². The monoisotopic (exact) mass is 288 g/mol. The van der Waals surface area contributed by atoms with Crippen LogP contribution in [0.25, 0.3) is 11.0 Å². The normalized spacial score (nSPS) is 10.9. The number of rotatable bonds is 0. The van der Waals surface area contributed by atoms with Crippen LogP contribution in [0.2, 0.25) is 0 Å². The Kier molecular flexibility index (Phi) is 2.00. The molecule has 2 aromatic rings. The maximum absolute atomic E-state index is 5.50. The molecule has 0 aliphatic heterocycles. The lowest BCUT2D eigenvalue weighted by atomic mass is 10.2. The number of furan rings is 1.